The molecule has 4 nitrogen and oxygen atoms in total. The van der Waals surface area contributed by atoms with Crippen molar-refractivity contribution in [1.29, 1.82) is 0 Å². The zero-order chi connectivity index (χ0) is 17.8. The van der Waals surface area contributed by atoms with Crippen molar-refractivity contribution in [3.63, 3.8) is 0 Å². The number of aryl methyl sites for hydroxylation is 2. The van der Waals surface area contributed by atoms with E-state index in [4.69, 9.17) is 0 Å². The van der Waals surface area contributed by atoms with Gasteiger partial charge in [-0.15, -0.1) is 22.7 Å². The SMILES string of the molecule is Cc1nn(C)c(C)c1/C=C/C(=O)N(Cc1cccs1)Cc1cccs1. The number of hydrogen-bond donors (Lipinski definition) is 0. The van der Waals surface area contributed by atoms with Gasteiger partial charge in [-0.2, -0.15) is 5.10 Å². The highest BCUT2D eigenvalue weighted by molar-refractivity contribution is 7.10. The van der Waals surface area contributed by atoms with Gasteiger partial charge in [0.15, 0.2) is 0 Å². The number of nitrogens with zero attached hydrogens (tertiary/aromatic N) is 3. The number of carbonyl (C=O) groups is 1. The van der Waals surface area contributed by atoms with Gasteiger partial charge in [0.1, 0.15) is 0 Å². The van der Waals surface area contributed by atoms with Gasteiger partial charge in [-0.3, -0.25) is 9.48 Å². The first-order valence-electron chi connectivity index (χ1n) is 8.06. The first-order chi connectivity index (χ1) is 12.0. The summed E-state index contributed by atoms with van der Waals surface area (Å²) in [5.74, 6) is 0.0180. The molecule has 0 spiro atoms. The van der Waals surface area contributed by atoms with Crippen LogP contribution in [-0.4, -0.2) is 20.6 Å². The summed E-state index contributed by atoms with van der Waals surface area (Å²) in [5.41, 5.74) is 3.01. The molecule has 0 saturated carbocycles. The zero-order valence-electron chi connectivity index (χ0n) is 14.6. The third-order valence-corrected chi connectivity index (χ3v) is 5.85. The van der Waals surface area contributed by atoms with Crippen LogP contribution in [0.5, 0.6) is 0 Å². The van der Waals surface area contributed by atoms with E-state index in [9.17, 15) is 4.79 Å². The Balaban J connectivity index is 1.79. The third kappa shape index (κ3) is 4.27. The summed E-state index contributed by atoms with van der Waals surface area (Å²) in [4.78, 5) is 17.1. The normalized spacial score (nSPS) is 11.3. The van der Waals surface area contributed by atoms with Crippen LogP contribution in [0.4, 0.5) is 0 Å². The lowest BCUT2D eigenvalue weighted by atomic mass is 10.2. The Morgan fingerprint density at radius 2 is 1.76 bits per heavy atom. The Kier molecular flexibility index (Phi) is 5.50. The van der Waals surface area contributed by atoms with Gasteiger partial charge in [-0.1, -0.05) is 12.1 Å². The molecule has 0 saturated heterocycles. The largest absolute Gasteiger partial charge is 0.329 e. The van der Waals surface area contributed by atoms with Crippen molar-refractivity contribution in [3.05, 3.63) is 67.8 Å². The summed E-state index contributed by atoms with van der Waals surface area (Å²) >= 11 is 3.35. The molecule has 3 rings (SSSR count). The summed E-state index contributed by atoms with van der Waals surface area (Å²) in [5, 5.41) is 8.48. The third-order valence-electron chi connectivity index (χ3n) is 4.12. The quantitative estimate of drug-likeness (QED) is 0.602. The lowest BCUT2D eigenvalue weighted by Crippen LogP contribution is -2.27. The minimum atomic E-state index is 0.0180. The molecule has 6 heteroatoms. The Labute approximate surface area is 156 Å². The van der Waals surface area contributed by atoms with Gasteiger partial charge in [0.2, 0.25) is 5.91 Å². The molecule has 0 aliphatic rings. The number of carbonyl (C=O) groups excluding carboxylic acids is 1. The van der Waals surface area contributed by atoms with Crippen molar-refractivity contribution < 1.29 is 4.79 Å². The van der Waals surface area contributed by atoms with Crippen molar-refractivity contribution in [2.75, 3.05) is 0 Å². The van der Waals surface area contributed by atoms with Crippen LogP contribution in [0, 0.1) is 13.8 Å². The Morgan fingerprint density at radius 3 is 2.20 bits per heavy atom. The van der Waals surface area contributed by atoms with Crippen molar-refractivity contribution >= 4 is 34.7 Å². The Hall–Kier alpha value is -2.18. The van der Waals surface area contributed by atoms with Gasteiger partial charge in [-0.25, -0.2) is 0 Å². The van der Waals surface area contributed by atoms with Crippen molar-refractivity contribution in [2.24, 2.45) is 7.05 Å². The second-order valence-electron chi connectivity index (χ2n) is 5.89. The molecule has 0 aliphatic heterocycles. The Bertz CT molecular complexity index is 825. The highest BCUT2D eigenvalue weighted by Gasteiger charge is 2.14. The van der Waals surface area contributed by atoms with E-state index in [1.807, 2.05) is 59.4 Å². The van der Waals surface area contributed by atoms with E-state index in [1.54, 1.807) is 28.7 Å². The second-order valence-corrected chi connectivity index (χ2v) is 7.96. The molecule has 3 aromatic heterocycles. The molecule has 130 valence electrons. The molecule has 25 heavy (non-hydrogen) atoms. The number of hydrogen-bond acceptors (Lipinski definition) is 4. The average molecular weight is 372 g/mol. The molecule has 0 N–H and O–H groups in total. The number of thiophene rings is 2. The number of amides is 1. The van der Waals surface area contributed by atoms with Crippen LogP contribution in [0.2, 0.25) is 0 Å². The van der Waals surface area contributed by atoms with E-state index in [0.717, 1.165) is 17.0 Å². The molecule has 3 heterocycles. The van der Waals surface area contributed by atoms with E-state index < -0.39 is 0 Å². The average Bonchev–Trinajstić information content (AvgIpc) is 3.31. The predicted octanol–water partition coefficient (Wildman–Crippen LogP) is 4.40. The van der Waals surface area contributed by atoms with Crippen LogP contribution in [-0.2, 0) is 24.9 Å². The summed E-state index contributed by atoms with van der Waals surface area (Å²) < 4.78 is 1.84. The molecular weight excluding hydrogens is 350 g/mol. The summed E-state index contributed by atoms with van der Waals surface area (Å²) in [6.45, 7) is 5.24. The van der Waals surface area contributed by atoms with Crippen LogP contribution in [0.3, 0.4) is 0 Å². The fourth-order valence-electron chi connectivity index (χ4n) is 2.68. The van der Waals surface area contributed by atoms with E-state index in [1.165, 1.54) is 9.75 Å². The lowest BCUT2D eigenvalue weighted by Gasteiger charge is -2.20. The first kappa shape index (κ1) is 17.6. The van der Waals surface area contributed by atoms with E-state index in [0.29, 0.717) is 13.1 Å². The lowest BCUT2D eigenvalue weighted by molar-refractivity contribution is -0.127. The molecule has 0 aliphatic carbocycles. The predicted molar refractivity (Wildman–Crippen MR) is 105 cm³/mol. The summed E-state index contributed by atoms with van der Waals surface area (Å²) in [6.07, 6.45) is 3.55. The molecule has 0 atom stereocenters. The van der Waals surface area contributed by atoms with Crippen molar-refractivity contribution in [1.82, 2.24) is 14.7 Å². The van der Waals surface area contributed by atoms with Gasteiger partial charge in [0, 0.05) is 34.1 Å². The van der Waals surface area contributed by atoms with Crippen molar-refractivity contribution in [2.45, 2.75) is 26.9 Å². The van der Waals surface area contributed by atoms with E-state index >= 15 is 0 Å². The number of rotatable bonds is 6. The maximum Gasteiger partial charge on any atom is 0.247 e. The zero-order valence-corrected chi connectivity index (χ0v) is 16.2. The van der Waals surface area contributed by atoms with Crippen LogP contribution >= 0.6 is 22.7 Å². The fraction of sp³-hybridized carbons (Fsp3) is 0.263. The molecule has 0 aromatic carbocycles. The van der Waals surface area contributed by atoms with Crippen LogP contribution in [0.1, 0.15) is 26.7 Å². The van der Waals surface area contributed by atoms with Gasteiger partial charge >= 0.3 is 0 Å². The fourth-order valence-corrected chi connectivity index (χ4v) is 4.12. The van der Waals surface area contributed by atoms with Crippen LogP contribution in [0.25, 0.3) is 6.08 Å². The van der Waals surface area contributed by atoms with Gasteiger partial charge in [0.05, 0.1) is 18.8 Å². The highest BCUT2D eigenvalue weighted by Crippen LogP contribution is 2.19. The van der Waals surface area contributed by atoms with E-state index in [-0.39, 0.29) is 5.91 Å². The summed E-state index contributed by atoms with van der Waals surface area (Å²) in [6, 6.07) is 8.18. The molecule has 3 aromatic rings. The van der Waals surface area contributed by atoms with Gasteiger partial charge < -0.3 is 4.90 Å². The maximum atomic E-state index is 12.8. The molecule has 0 radical (unpaired) electrons. The maximum absolute atomic E-state index is 12.8. The minimum Gasteiger partial charge on any atom is -0.329 e. The Morgan fingerprint density at radius 1 is 1.16 bits per heavy atom. The second kappa shape index (κ2) is 7.80. The smallest absolute Gasteiger partial charge is 0.247 e. The summed E-state index contributed by atoms with van der Waals surface area (Å²) in [7, 11) is 1.92. The standard InChI is InChI=1S/C19H21N3OS2/c1-14-18(15(2)21(3)20-14)8-9-19(23)22(12-16-6-4-10-24-16)13-17-7-5-11-25-17/h4-11H,12-13H2,1-3H3/b9-8+. The van der Waals surface area contributed by atoms with Crippen LogP contribution < -0.4 is 0 Å². The minimum absolute atomic E-state index is 0.0180. The van der Waals surface area contributed by atoms with E-state index in [2.05, 4.69) is 17.2 Å². The van der Waals surface area contributed by atoms with Crippen molar-refractivity contribution in [3.8, 4) is 0 Å². The first-order valence-corrected chi connectivity index (χ1v) is 9.82. The molecule has 0 unspecified atom stereocenters. The van der Waals surface area contributed by atoms with Gasteiger partial charge in [0.25, 0.3) is 0 Å². The highest BCUT2D eigenvalue weighted by atomic mass is 32.1. The topological polar surface area (TPSA) is 38.1 Å². The monoisotopic (exact) mass is 371 g/mol. The van der Waals surface area contributed by atoms with Gasteiger partial charge in [-0.05, 0) is 42.8 Å². The molecule has 1 amide bonds. The molecular formula is C19H21N3OS2. The molecule has 0 fully saturated rings. The van der Waals surface area contributed by atoms with Crippen LogP contribution in [0.15, 0.2) is 41.1 Å². The molecule has 0 bridgehead atoms. The number of aromatic nitrogens is 2.